The minimum absolute atomic E-state index is 0.214. The Kier molecular flexibility index (Phi) is 6.02. The maximum atomic E-state index is 12.4. The van der Waals surface area contributed by atoms with Crippen molar-refractivity contribution in [2.24, 2.45) is 0 Å². The van der Waals surface area contributed by atoms with Gasteiger partial charge in [-0.3, -0.25) is 4.79 Å². The van der Waals surface area contributed by atoms with E-state index in [1.165, 1.54) is 5.56 Å². The maximum absolute atomic E-state index is 12.4. The van der Waals surface area contributed by atoms with Crippen LogP contribution in [0.3, 0.4) is 0 Å². The molecule has 1 amide bonds. The molecular formula is C21H19Cl2NO2. The van der Waals surface area contributed by atoms with Crippen molar-refractivity contribution < 1.29 is 9.21 Å². The molecule has 0 unspecified atom stereocenters. The van der Waals surface area contributed by atoms with Crippen LogP contribution in [0.1, 0.15) is 35.9 Å². The molecule has 26 heavy (non-hydrogen) atoms. The van der Waals surface area contributed by atoms with E-state index in [2.05, 4.69) is 12.2 Å². The zero-order valence-corrected chi connectivity index (χ0v) is 15.9. The Morgan fingerprint density at radius 3 is 2.54 bits per heavy atom. The van der Waals surface area contributed by atoms with Crippen molar-refractivity contribution in [2.75, 3.05) is 5.32 Å². The number of carbonyl (C=O) groups is 1. The van der Waals surface area contributed by atoms with Crippen molar-refractivity contribution in [1.82, 2.24) is 0 Å². The van der Waals surface area contributed by atoms with Gasteiger partial charge in [0.05, 0.1) is 10.0 Å². The van der Waals surface area contributed by atoms with Gasteiger partial charge in [-0.15, -0.1) is 0 Å². The number of unbranched alkanes of at least 4 members (excludes halogenated alkanes) is 1. The smallest absolute Gasteiger partial charge is 0.291 e. The maximum Gasteiger partial charge on any atom is 0.291 e. The molecule has 0 aliphatic rings. The minimum Gasteiger partial charge on any atom is -0.451 e. The average molecular weight is 388 g/mol. The van der Waals surface area contributed by atoms with Crippen molar-refractivity contribution in [3.05, 3.63) is 76.0 Å². The van der Waals surface area contributed by atoms with E-state index in [0.29, 0.717) is 21.4 Å². The number of anilines is 1. The number of rotatable bonds is 6. The fraction of sp³-hybridized carbons (Fsp3) is 0.190. The van der Waals surface area contributed by atoms with Gasteiger partial charge in [-0.1, -0.05) is 54.7 Å². The van der Waals surface area contributed by atoms with Gasteiger partial charge in [-0.05, 0) is 54.8 Å². The van der Waals surface area contributed by atoms with E-state index in [0.717, 1.165) is 24.9 Å². The van der Waals surface area contributed by atoms with Crippen LogP contribution < -0.4 is 5.32 Å². The summed E-state index contributed by atoms with van der Waals surface area (Å²) in [6, 6.07) is 16.5. The fourth-order valence-electron chi connectivity index (χ4n) is 2.63. The lowest BCUT2D eigenvalue weighted by Crippen LogP contribution is -2.10. The van der Waals surface area contributed by atoms with E-state index in [4.69, 9.17) is 27.6 Å². The van der Waals surface area contributed by atoms with Crippen LogP contribution in [0.25, 0.3) is 11.3 Å². The van der Waals surface area contributed by atoms with Crippen LogP contribution in [0.5, 0.6) is 0 Å². The second-order valence-electron chi connectivity index (χ2n) is 6.02. The van der Waals surface area contributed by atoms with E-state index in [-0.39, 0.29) is 11.7 Å². The van der Waals surface area contributed by atoms with E-state index in [1.807, 2.05) is 24.3 Å². The summed E-state index contributed by atoms with van der Waals surface area (Å²) in [6.07, 6.45) is 3.37. The summed E-state index contributed by atoms with van der Waals surface area (Å²) in [5.41, 5.74) is 2.65. The molecule has 134 valence electrons. The van der Waals surface area contributed by atoms with Crippen LogP contribution in [-0.4, -0.2) is 5.91 Å². The normalized spacial score (nSPS) is 10.7. The summed E-state index contributed by atoms with van der Waals surface area (Å²) in [4.78, 5) is 12.4. The predicted molar refractivity (Wildman–Crippen MR) is 107 cm³/mol. The van der Waals surface area contributed by atoms with Crippen LogP contribution >= 0.6 is 23.2 Å². The molecule has 3 nitrogen and oxygen atoms in total. The molecule has 0 radical (unpaired) electrons. The van der Waals surface area contributed by atoms with Gasteiger partial charge < -0.3 is 9.73 Å². The lowest BCUT2D eigenvalue weighted by atomic mass is 10.1. The number of halogens is 2. The average Bonchev–Trinajstić information content (AvgIpc) is 3.13. The van der Waals surface area contributed by atoms with Crippen LogP contribution in [0.4, 0.5) is 5.69 Å². The Balaban J connectivity index is 1.71. The number of benzene rings is 2. The van der Waals surface area contributed by atoms with E-state index < -0.39 is 0 Å². The Morgan fingerprint density at radius 1 is 1.04 bits per heavy atom. The highest BCUT2D eigenvalue weighted by atomic mass is 35.5. The largest absolute Gasteiger partial charge is 0.451 e. The van der Waals surface area contributed by atoms with Crippen LogP contribution in [0.15, 0.2) is 59.0 Å². The topological polar surface area (TPSA) is 42.2 Å². The number of nitrogens with one attached hydrogen (secondary N) is 1. The summed E-state index contributed by atoms with van der Waals surface area (Å²) in [5, 5.41) is 3.68. The molecule has 0 aliphatic carbocycles. The highest BCUT2D eigenvalue weighted by Gasteiger charge is 2.15. The number of carbonyl (C=O) groups excluding carboxylic acids is 1. The monoisotopic (exact) mass is 387 g/mol. The molecule has 3 aromatic rings. The van der Waals surface area contributed by atoms with Gasteiger partial charge in [0.2, 0.25) is 0 Å². The van der Waals surface area contributed by atoms with Gasteiger partial charge in [-0.2, -0.15) is 0 Å². The van der Waals surface area contributed by atoms with Crippen LogP contribution in [0, 0.1) is 0 Å². The highest BCUT2D eigenvalue weighted by molar-refractivity contribution is 6.43. The second kappa shape index (κ2) is 8.43. The quantitative estimate of drug-likeness (QED) is 0.502. The molecule has 0 saturated carbocycles. The molecule has 2 aromatic carbocycles. The van der Waals surface area contributed by atoms with Gasteiger partial charge in [0, 0.05) is 11.3 Å². The Hall–Kier alpha value is -2.23. The summed E-state index contributed by atoms with van der Waals surface area (Å²) in [7, 11) is 0. The summed E-state index contributed by atoms with van der Waals surface area (Å²) >= 11 is 12.2. The van der Waals surface area contributed by atoms with E-state index >= 15 is 0 Å². The van der Waals surface area contributed by atoms with Gasteiger partial charge in [0.15, 0.2) is 5.76 Å². The molecule has 0 fully saturated rings. The Labute approximate surface area is 162 Å². The van der Waals surface area contributed by atoms with Crippen molar-refractivity contribution in [3.8, 4) is 11.3 Å². The summed E-state index contributed by atoms with van der Waals surface area (Å²) < 4.78 is 5.66. The lowest BCUT2D eigenvalue weighted by molar-refractivity contribution is 0.0997. The molecule has 5 heteroatoms. The number of hydrogen-bond donors (Lipinski definition) is 1. The third-order valence-electron chi connectivity index (χ3n) is 4.08. The van der Waals surface area contributed by atoms with Gasteiger partial charge in [0.1, 0.15) is 5.76 Å². The molecule has 3 rings (SSSR count). The number of aryl methyl sites for hydroxylation is 1. The standard InChI is InChI=1S/C21H19Cl2NO2/c1-2-3-5-14-8-10-15(11-9-14)24-21(25)19-13-12-18(26-19)16-6-4-7-17(22)20(16)23/h4,6-13H,2-3,5H2,1H3,(H,24,25). The first-order chi connectivity index (χ1) is 12.6. The van der Waals surface area contributed by atoms with Gasteiger partial charge >= 0.3 is 0 Å². The van der Waals surface area contributed by atoms with Crippen molar-refractivity contribution >= 4 is 34.8 Å². The SMILES string of the molecule is CCCCc1ccc(NC(=O)c2ccc(-c3cccc(Cl)c3Cl)o2)cc1. The minimum atomic E-state index is -0.310. The molecule has 0 saturated heterocycles. The van der Waals surface area contributed by atoms with Crippen molar-refractivity contribution in [1.29, 1.82) is 0 Å². The predicted octanol–water partition coefficient (Wildman–Crippen LogP) is 6.85. The molecule has 1 aromatic heterocycles. The molecule has 0 aliphatic heterocycles. The molecule has 0 bridgehead atoms. The zero-order valence-electron chi connectivity index (χ0n) is 14.4. The highest BCUT2D eigenvalue weighted by Crippen LogP contribution is 2.34. The van der Waals surface area contributed by atoms with Crippen LogP contribution in [-0.2, 0) is 6.42 Å². The van der Waals surface area contributed by atoms with Crippen molar-refractivity contribution in [2.45, 2.75) is 26.2 Å². The first-order valence-corrected chi connectivity index (χ1v) is 9.28. The Morgan fingerprint density at radius 2 is 1.81 bits per heavy atom. The molecule has 1 N–H and O–H groups in total. The van der Waals surface area contributed by atoms with Crippen molar-refractivity contribution in [3.63, 3.8) is 0 Å². The number of hydrogen-bond acceptors (Lipinski definition) is 2. The van der Waals surface area contributed by atoms with Crippen LogP contribution in [0.2, 0.25) is 10.0 Å². The second-order valence-corrected chi connectivity index (χ2v) is 6.81. The van der Waals surface area contributed by atoms with E-state index in [1.54, 1.807) is 30.3 Å². The first kappa shape index (κ1) is 18.6. The van der Waals surface area contributed by atoms with Gasteiger partial charge in [-0.25, -0.2) is 0 Å². The number of furan rings is 1. The fourth-order valence-corrected chi connectivity index (χ4v) is 3.02. The molecule has 1 heterocycles. The summed E-state index contributed by atoms with van der Waals surface area (Å²) in [5.74, 6) is 0.402. The first-order valence-electron chi connectivity index (χ1n) is 8.53. The third kappa shape index (κ3) is 4.29. The van der Waals surface area contributed by atoms with Gasteiger partial charge in [0.25, 0.3) is 5.91 Å². The third-order valence-corrected chi connectivity index (χ3v) is 4.90. The lowest BCUT2D eigenvalue weighted by Gasteiger charge is -2.05. The number of amides is 1. The molecule has 0 atom stereocenters. The zero-order chi connectivity index (χ0) is 18.5. The summed E-state index contributed by atoms with van der Waals surface area (Å²) in [6.45, 7) is 2.17. The molecular weight excluding hydrogens is 369 g/mol. The Bertz CT molecular complexity index is 901. The van der Waals surface area contributed by atoms with E-state index in [9.17, 15) is 4.79 Å². The molecule has 0 spiro atoms.